The molecule has 2 heterocycles. The standard InChI is InChI=1S/C24H22FN3OS/c1-15-10-16(2)20(17(3)11-15)13-23(29)28(14-19-6-4-5-9-26-19)24-27-21-8-7-18(25)12-22(21)30-24/h4-12H,13-14H2,1-3H3. The monoisotopic (exact) mass is 419 g/mol. The summed E-state index contributed by atoms with van der Waals surface area (Å²) in [7, 11) is 0. The lowest BCUT2D eigenvalue weighted by Gasteiger charge is -2.21. The molecule has 0 fully saturated rings. The van der Waals surface area contributed by atoms with Crippen LogP contribution in [0, 0.1) is 26.6 Å². The second-order valence-electron chi connectivity index (χ2n) is 7.46. The number of fused-ring (bicyclic) bond motifs is 1. The van der Waals surface area contributed by atoms with Crippen LogP contribution in [0.25, 0.3) is 10.2 Å². The summed E-state index contributed by atoms with van der Waals surface area (Å²) in [5.41, 5.74) is 5.87. The number of rotatable bonds is 5. The summed E-state index contributed by atoms with van der Waals surface area (Å²) in [5, 5.41) is 0.550. The maximum absolute atomic E-state index is 13.6. The zero-order chi connectivity index (χ0) is 21.3. The minimum absolute atomic E-state index is 0.0600. The summed E-state index contributed by atoms with van der Waals surface area (Å²) < 4.78 is 14.4. The Balaban J connectivity index is 1.71. The van der Waals surface area contributed by atoms with Crippen LogP contribution in [0.4, 0.5) is 9.52 Å². The van der Waals surface area contributed by atoms with Crippen molar-refractivity contribution in [3.63, 3.8) is 0 Å². The molecule has 1 amide bonds. The van der Waals surface area contributed by atoms with E-state index in [1.54, 1.807) is 17.2 Å². The topological polar surface area (TPSA) is 46.1 Å². The summed E-state index contributed by atoms with van der Waals surface area (Å²) in [6.07, 6.45) is 1.98. The molecule has 2 aromatic carbocycles. The van der Waals surface area contributed by atoms with Crippen LogP contribution in [-0.2, 0) is 17.8 Å². The molecule has 30 heavy (non-hydrogen) atoms. The van der Waals surface area contributed by atoms with Crippen molar-refractivity contribution in [2.24, 2.45) is 0 Å². The van der Waals surface area contributed by atoms with E-state index in [0.717, 1.165) is 22.4 Å². The molecule has 0 aliphatic carbocycles. The first-order chi connectivity index (χ1) is 14.4. The highest BCUT2D eigenvalue weighted by Crippen LogP contribution is 2.31. The molecule has 152 valence electrons. The van der Waals surface area contributed by atoms with Gasteiger partial charge in [0, 0.05) is 6.20 Å². The van der Waals surface area contributed by atoms with E-state index in [-0.39, 0.29) is 18.1 Å². The first kappa shape index (κ1) is 20.2. The molecule has 4 nitrogen and oxygen atoms in total. The third-order valence-electron chi connectivity index (χ3n) is 5.09. The molecule has 0 atom stereocenters. The largest absolute Gasteiger partial charge is 0.282 e. The molecule has 0 unspecified atom stereocenters. The summed E-state index contributed by atoms with van der Waals surface area (Å²) in [5.74, 6) is -0.374. The van der Waals surface area contributed by atoms with Gasteiger partial charge in [0.2, 0.25) is 5.91 Å². The van der Waals surface area contributed by atoms with E-state index in [0.29, 0.717) is 21.9 Å². The minimum Gasteiger partial charge on any atom is -0.282 e. The van der Waals surface area contributed by atoms with Crippen LogP contribution in [-0.4, -0.2) is 15.9 Å². The van der Waals surface area contributed by atoms with Gasteiger partial charge in [-0.2, -0.15) is 0 Å². The van der Waals surface area contributed by atoms with E-state index in [4.69, 9.17) is 0 Å². The Morgan fingerprint density at radius 1 is 1.07 bits per heavy atom. The van der Waals surface area contributed by atoms with Gasteiger partial charge in [-0.3, -0.25) is 14.7 Å². The van der Waals surface area contributed by atoms with Crippen LogP contribution in [0.15, 0.2) is 54.7 Å². The Bertz CT molecular complexity index is 1200. The van der Waals surface area contributed by atoms with Gasteiger partial charge in [-0.1, -0.05) is 35.1 Å². The summed E-state index contributed by atoms with van der Waals surface area (Å²) in [6.45, 7) is 6.43. The number of aryl methyl sites for hydroxylation is 3. The minimum atomic E-state index is -0.314. The molecule has 2 aromatic heterocycles. The molecular weight excluding hydrogens is 397 g/mol. The number of carbonyl (C=O) groups is 1. The molecule has 0 spiro atoms. The molecular formula is C24H22FN3OS. The van der Waals surface area contributed by atoms with Crippen LogP contribution in [0.3, 0.4) is 0 Å². The van der Waals surface area contributed by atoms with Gasteiger partial charge in [-0.05, 0) is 67.8 Å². The molecule has 4 rings (SSSR count). The van der Waals surface area contributed by atoms with Gasteiger partial charge in [0.25, 0.3) is 0 Å². The Morgan fingerprint density at radius 2 is 1.83 bits per heavy atom. The Labute approximate surface area is 179 Å². The summed E-state index contributed by atoms with van der Waals surface area (Å²) in [4.78, 5) is 24.1. The number of nitrogens with zero attached hydrogens (tertiary/aromatic N) is 3. The SMILES string of the molecule is Cc1cc(C)c(CC(=O)N(Cc2ccccn2)c2nc3ccc(F)cc3s2)c(C)c1. The zero-order valence-electron chi connectivity index (χ0n) is 17.1. The third-order valence-corrected chi connectivity index (χ3v) is 6.13. The van der Waals surface area contributed by atoms with E-state index in [1.165, 1.54) is 29.0 Å². The second-order valence-corrected chi connectivity index (χ2v) is 8.47. The van der Waals surface area contributed by atoms with Crippen LogP contribution in [0.1, 0.15) is 27.9 Å². The number of anilines is 1. The van der Waals surface area contributed by atoms with Gasteiger partial charge in [0.1, 0.15) is 5.82 Å². The number of hydrogen-bond acceptors (Lipinski definition) is 4. The normalized spacial score (nSPS) is 11.1. The highest BCUT2D eigenvalue weighted by atomic mass is 32.1. The second kappa shape index (κ2) is 8.32. The van der Waals surface area contributed by atoms with Gasteiger partial charge in [0.15, 0.2) is 5.13 Å². The fourth-order valence-electron chi connectivity index (χ4n) is 3.65. The van der Waals surface area contributed by atoms with Gasteiger partial charge < -0.3 is 0 Å². The predicted octanol–water partition coefficient (Wildman–Crippen LogP) is 5.53. The smallest absolute Gasteiger partial charge is 0.233 e. The van der Waals surface area contributed by atoms with E-state index in [2.05, 4.69) is 29.0 Å². The Morgan fingerprint density at radius 3 is 2.53 bits per heavy atom. The van der Waals surface area contributed by atoms with Gasteiger partial charge in [-0.25, -0.2) is 9.37 Å². The zero-order valence-corrected chi connectivity index (χ0v) is 18.0. The van der Waals surface area contributed by atoms with Crippen molar-refractivity contribution in [2.45, 2.75) is 33.7 Å². The number of benzene rings is 2. The number of thiazole rings is 1. The molecule has 0 bridgehead atoms. The number of pyridine rings is 1. The van der Waals surface area contributed by atoms with Crippen LogP contribution < -0.4 is 4.90 Å². The molecule has 0 saturated heterocycles. The van der Waals surface area contributed by atoms with Gasteiger partial charge in [-0.15, -0.1) is 0 Å². The van der Waals surface area contributed by atoms with E-state index >= 15 is 0 Å². The first-order valence-electron chi connectivity index (χ1n) is 9.74. The number of halogens is 1. The fourth-order valence-corrected chi connectivity index (χ4v) is 4.66. The third kappa shape index (κ3) is 4.24. The average Bonchev–Trinajstić information content (AvgIpc) is 3.12. The van der Waals surface area contributed by atoms with Crippen molar-refractivity contribution in [3.05, 3.63) is 88.5 Å². The van der Waals surface area contributed by atoms with Crippen molar-refractivity contribution in [1.82, 2.24) is 9.97 Å². The number of hydrogen-bond donors (Lipinski definition) is 0. The van der Waals surface area contributed by atoms with Crippen molar-refractivity contribution in [2.75, 3.05) is 4.90 Å². The van der Waals surface area contributed by atoms with E-state index in [1.807, 2.05) is 32.0 Å². The lowest BCUT2D eigenvalue weighted by molar-refractivity contribution is -0.118. The highest BCUT2D eigenvalue weighted by Gasteiger charge is 2.22. The molecule has 0 aliphatic rings. The average molecular weight is 420 g/mol. The molecule has 6 heteroatoms. The first-order valence-corrected chi connectivity index (χ1v) is 10.6. The Kier molecular flexibility index (Phi) is 5.59. The maximum Gasteiger partial charge on any atom is 0.233 e. The maximum atomic E-state index is 13.6. The molecule has 0 aliphatic heterocycles. The molecule has 0 radical (unpaired) electrons. The number of amides is 1. The summed E-state index contributed by atoms with van der Waals surface area (Å²) >= 11 is 1.31. The van der Waals surface area contributed by atoms with Gasteiger partial charge >= 0.3 is 0 Å². The fraction of sp³-hybridized carbons (Fsp3) is 0.208. The number of carbonyl (C=O) groups excluding carboxylic acids is 1. The number of aromatic nitrogens is 2. The highest BCUT2D eigenvalue weighted by molar-refractivity contribution is 7.22. The van der Waals surface area contributed by atoms with Crippen LogP contribution in [0.2, 0.25) is 0 Å². The van der Waals surface area contributed by atoms with Crippen LogP contribution in [0.5, 0.6) is 0 Å². The molecule has 0 saturated carbocycles. The Hall–Kier alpha value is -3.12. The van der Waals surface area contributed by atoms with E-state index < -0.39 is 0 Å². The van der Waals surface area contributed by atoms with E-state index in [9.17, 15) is 9.18 Å². The van der Waals surface area contributed by atoms with Crippen molar-refractivity contribution in [1.29, 1.82) is 0 Å². The predicted molar refractivity (Wildman–Crippen MR) is 119 cm³/mol. The van der Waals surface area contributed by atoms with Crippen molar-refractivity contribution in [3.8, 4) is 0 Å². The quantitative estimate of drug-likeness (QED) is 0.427. The summed E-state index contributed by atoms with van der Waals surface area (Å²) in [6, 6.07) is 14.3. The lowest BCUT2D eigenvalue weighted by atomic mass is 9.97. The molecule has 0 N–H and O–H groups in total. The van der Waals surface area contributed by atoms with Crippen molar-refractivity contribution < 1.29 is 9.18 Å². The molecule has 4 aromatic rings. The lowest BCUT2D eigenvalue weighted by Crippen LogP contribution is -2.32. The van der Waals surface area contributed by atoms with Gasteiger partial charge in [0.05, 0.1) is 28.9 Å². The van der Waals surface area contributed by atoms with Crippen LogP contribution >= 0.6 is 11.3 Å². The van der Waals surface area contributed by atoms with Crippen molar-refractivity contribution >= 4 is 32.6 Å².